The predicted molar refractivity (Wildman–Crippen MR) is 157 cm³/mol. The van der Waals surface area contributed by atoms with Crippen LogP contribution in [0.5, 0.6) is 11.5 Å². The minimum absolute atomic E-state index is 0.0889. The smallest absolute Gasteiger partial charge is 0.251 e. The Morgan fingerprint density at radius 2 is 1.79 bits per heavy atom. The van der Waals surface area contributed by atoms with Gasteiger partial charge in [-0.2, -0.15) is 0 Å². The van der Waals surface area contributed by atoms with Crippen LogP contribution in [0.1, 0.15) is 17.2 Å². The van der Waals surface area contributed by atoms with Crippen molar-refractivity contribution in [2.24, 2.45) is 0 Å². The molecule has 0 aliphatic carbocycles. The number of carbonyl (C=O) groups is 2. The summed E-state index contributed by atoms with van der Waals surface area (Å²) in [4.78, 5) is 36.0. The monoisotopic (exact) mass is 563 g/mol. The number of ether oxygens (including phenoxy) is 2. The number of para-hydroxylation sites is 1. The number of anilines is 2. The average Bonchev–Trinajstić information content (AvgIpc) is 3.64. The molecule has 0 radical (unpaired) electrons. The topological polar surface area (TPSA) is 115 Å². The van der Waals surface area contributed by atoms with Crippen LogP contribution >= 0.6 is 0 Å². The molecule has 0 spiro atoms. The maximum absolute atomic E-state index is 14.2. The van der Waals surface area contributed by atoms with E-state index < -0.39 is 6.04 Å². The Balaban J connectivity index is 1.39. The first-order valence-electron chi connectivity index (χ1n) is 13.4. The van der Waals surface area contributed by atoms with Gasteiger partial charge in [-0.1, -0.05) is 29.5 Å². The number of hydrogen-bond acceptors (Lipinski definition) is 8. The van der Waals surface area contributed by atoms with Crippen molar-refractivity contribution in [3.8, 4) is 11.5 Å². The maximum Gasteiger partial charge on any atom is 0.251 e. The molecule has 0 fully saturated rings. The van der Waals surface area contributed by atoms with Crippen LogP contribution in [0.3, 0.4) is 0 Å². The van der Waals surface area contributed by atoms with E-state index in [9.17, 15) is 9.59 Å². The van der Waals surface area contributed by atoms with Gasteiger partial charge in [-0.3, -0.25) is 14.6 Å². The lowest BCUT2D eigenvalue weighted by atomic mass is 10.0. The molecule has 1 unspecified atom stereocenters. The number of aromatic nitrogens is 4. The number of rotatable bonds is 9. The number of pyridine rings is 1. The van der Waals surface area contributed by atoms with Crippen molar-refractivity contribution in [2.45, 2.75) is 19.1 Å². The number of carbonyl (C=O) groups excluding carboxylic acids is 2. The van der Waals surface area contributed by atoms with Gasteiger partial charge >= 0.3 is 0 Å². The van der Waals surface area contributed by atoms with Crippen LogP contribution < -0.4 is 19.7 Å². The molecule has 2 amide bonds. The van der Waals surface area contributed by atoms with Crippen molar-refractivity contribution in [1.82, 2.24) is 24.9 Å². The van der Waals surface area contributed by atoms with Gasteiger partial charge in [0.15, 0.2) is 11.5 Å². The highest BCUT2D eigenvalue weighted by molar-refractivity contribution is 5.98. The molecule has 6 rings (SSSR count). The molecule has 3 aromatic carbocycles. The summed E-state index contributed by atoms with van der Waals surface area (Å²) in [6.07, 6.45) is 3.34. The van der Waals surface area contributed by atoms with Crippen molar-refractivity contribution < 1.29 is 19.1 Å². The lowest BCUT2D eigenvalue weighted by molar-refractivity contribution is -0.140. The second-order valence-corrected chi connectivity index (χ2v) is 10.1. The third-order valence-corrected chi connectivity index (χ3v) is 7.02. The molecule has 1 atom stereocenters. The van der Waals surface area contributed by atoms with Gasteiger partial charge in [0.25, 0.3) is 5.91 Å². The zero-order valence-electron chi connectivity index (χ0n) is 23.2. The molecule has 1 aliphatic rings. The second-order valence-electron chi connectivity index (χ2n) is 10.1. The molecule has 1 N–H and O–H groups in total. The number of fused-ring (bicyclic) bond motifs is 2. The van der Waals surface area contributed by atoms with Gasteiger partial charge in [0.1, 0.15) is 18.1 Å². The first-order valence-corrected chi connectivity index (χ1v) is 13.4. The molecule has 0 saturated carbocycles. The number of benzene rings is 3. The predicted octanol–water partition coefficient (Wildman–Crippen LogP) is 4.03. The van der Waals surface area contributed by atoms with Gasteiger partial charge in [-0.05, 0) is 65.7 Å². The van der Waals surface area contributed by atoms with Crippen LogP contribution in [0.4, 0.5) is 11.4 Å². The van der Waals surface area contributed by atoms with Crippen LogP contribution in [0.15, 0.2) is 91.3 Å². The summed E-state index contributed by atoms with van der Waals surface area (Å²) in [6.45, 7) is 0.101. The molecular formula is C31H29N7O4. The van der Waals surface area contributed by atoms with Crippen molar-refractivity contribution in [2.75, 3.05) is 31.1 Å². The van der Waals surface area contributed by atoms with Gasteiger partial charge < -0.3 is 24.6 Å². The third kappa shape index (κ3) is 5.57. The van der Waals surface area contributed by atoms with Crippen LogP contribution in [-0.2, 0) is 22.7 Å². The van der Waals surface area contributed by atoms with E-state index in [4.69, 9.17) is 9.47 Å². The third-order valence-electron chi connectivity index (χ3n) is 7.02. The fourth-order valence-electron chi connectivity index (χ4n) is 4.87. The summed E-state index contributed by atoms with van der Waals surface area (Å²) in [6, 6.07) is 22.8. The number of nitrogens with zero attached hydrogens (tertiary/aromatic N) is 6. The average molecular weight is 564 g/mol. The van der Waals surface area contributed by atoms with Crippen LogP contribution in [0.2, 0.25) is 0 Å². The first kappa shape index (κ1) is 26.8. The minimum atomic E-state index is -1.02. The van der Waals surface area contributed by atoms with Crippen molar-refractivity contribution in [1.29, 1.82) is 0 Å². The molecule has 0 saturated heterocycles. The van der Waals surface area contributed by atoms with Gasteiger partial charge in [-0.15, -0.1) is 5.10 Å². The van der Waals surface area contributed by atoms with Gasteiger partial charge in [-0.25, -0.2) is 4.68 Å². The van der Waals surface area contributed by atoms with E-state index in [-0.39, 0.29) is 31.7 Å². The van der Waals surface area contributed by atoms with Gasteiger partial charge in [0.05, 0.1) is 5.52 Å². The Morgan fingerprint density at radius 1 is 0.976 bits per heavy atom. The molecule has 11 heteroatoms. The fourth-order valence-corrected chi connectivity index (χ4v) is 4.87. The molecule has 5 aromatic rings. The highest BCUT2D eigenvalue weighted by Gasteiger charge is 2.33. The summed E-state index contributed by atoms with van der Waals surface area (Å²) in [7, 11) is 3.90. The molecule has 11 nitrogen and oxygen atoms in total. The highest BCUT2D eigenvalue weighted by Crippen LogP contribution is 2.36. The molecule has 3 heterocycles. The van der Waals surface area contributed by atoms with Crippen molar-refractivity contribution in [3.63, 3.8) is 0 Å². The van der Waals surface area contributed by atoms with E-state index in [1.54, 1.807) is 41.3 Å². The van der Waals surface area contributed by atoms with E-state index in [0.29, 0.717) is 28.3 Å². The zero-order chi connectivity index (χ0) is 29.1. The van der Waals surface area contributed by atoms with Gasteiger partial charge in [0.2, 0.25) is 12.7 Å². The maximum atomic E-state index is 14.2. The lowest BCUT2D eigenvalue weighted by Crippen LogP contribution is -2.42. The van der Waals surface area contributed by atoms with E-state index in [2.05, 4.69) is 20.6 Å². The Bertz CT molecular complexity index is 1720. The minimum Gasteiger partial charge on any atom is -0.454 e. The highest BCUT2D eigenvalue weighted by atomic mass is 16.7. The van der Waals surface area contributed by atoms with Crippen LogP contribution in [0, 0.1) is 0 Å². The van der Waals surface area contributed by atoms with E-state index in [0.717, 1.165) is 16.8 Å². The molecule has 212 valence electrons. The van der Waals surface area contributed by atoms with E-state index >= 15 is 0 Å². The summed E-state index contributed by atoms with van der Waals surface area (Å²) in [5.74, 6) is 0.385. The lowest BCUT2D eigenvalue weighted by Gasteiger charge is -2.31. The Hall–Kier alpha value is -5.45. The fraction of sp³-hybridized carbons (Fsp3) is 0.194. The molecule has 2 aromatic heterocycles. The van der Waals surface area contributed by atoms with Crippen molar-refractivity contribution in [3.05, 3.63) is 102 Å². The number of hydrogen-bond donors (Lipinski definition) is 1. The molecular weight excluding hydrogens is 534 g/mol. The second kappa shape index (κ2) is 11.6. The quantitative estimate of drug-likeness (QED) is 0.286. The summed E-state index contributed by atoms with van der Waals surface area (Å²) < 4.78 is 12.7. The summed E-state index contributed by atoms with van der Waals surface area (Å²) in [5, 5.41) is 11.4. The summed E-state index contributed by atoms with van der Waals surface area (Å²) >= 11 is 0. The van der Waals surface area contributed by atoms with Crippen molar-refractivity contribution >= 4 is 34.2 Å². The molecule has 1 aliphatic heterocycles. The molecule has 42 heavy (non-hydrogen) atoms. The largest absolute Gasteiger partial charge is 0.454 e. The Kier molecular flexibility index (Phi) is 7.37. The number of nitrogens with one attached hydrogen (secondary N) is 1. The normalized spacial score (nSPS) is 12.6. The Morgan fingerprint density at radius 3 is 2.57 bits per heavy atom. The standard InChI is InChI=1S/C31H29N7O4/c1-36(2)24-12-10-23(11-13-24)33-31(40)30(22-9-14-27-28(16-22)42-20-41-27)37(18-21-6-5-15-32-17-21)29(39)19-38-26-8-4-3-7-25(26)34-35-38/h3-17,30H,18-20H2,1-2H3,(H,33,40). The summed E-state index contributed by atoms with van der Waals surface area (Å²) in [5.41, 5.74) is 4.33. The SMILES string of the molecule is CN(C)c1ccc(NC(=O)C(c2ccc3c(c2)OCO3)N(Cc2cccnc2)C(=O)Cn2nnc3ccccc32)cc1. The van der Waals surface area contributed by atoms with E-state index in [1.165, 1.54) is 4.90 Å². The molecule has 0 bridgehead atoms. The van der Waals surface area contributed by atoms with Crippen LogP contribution in [0.25, 0.3) is 11.0 Å². The Labute approximate surface area is 242 Å². The zero-order valence-corrected chi connectivity index (χ0v) is 23.2. The van der Waals surface area contributed by atoms with Gasteiger partial charge in [0, 0.05) is 44.4 Å². The first-order chi connectivity index (χ1) is 20.5. The van der Waals surface area contributed by atoms with Crippen LogP contribution in [-0.4, -0.2) is 57.6 Å². The van der Waals surface area contributed by atoms with E-state index in [1.807, 2.05) is 73.6 Å². The number of amides is 2.